The van der Waals surface area contributed by atoms with E-state index in [1.807, 2.05) is 0 Å². The zero-order valence-electron chi connectivity index (χ0n) is 18.6. The second-order valence-electron chi connectivity index (χ2n) is 7.93. The number of hydrogen-bond donors (Lipinski definition) is 0. The highest BCUT2D eigenvalue weighted by Crippen LogP contribution is 2.26. The lowest BCUT2D eigenvalue weighted by atomic mass is 10.1. The van der Waals surface area contributed by atoms with Crippen LogP contribution in [-0.2, 0) is 0 Å². The molecule has 0 aliphatic carbocycles. The third kappa shape index (κ3) is 9.87. The number of unbranched alkanes of at least 4 members (excludes halogenated alkanes) is 9. The first kappa shape index (κ1) is 23.3. The van der Waals surface area contributed by atoms with Crippen LogP contribution < -0.4 is 9.47 Å². The molecule has 0 N–H and O–H groups in total. The Morgan fingerprint density at radius 2 is 1.07 bits per heavy atom. The molecule has 29 heavy (non-hydrogen) atoms. The average Bonchev–Trinajstić information content (AvgIpc) is 2.76. The van der Waals surface area contributed by atoms with Crippen LogP contribution in [0.25, 0.3) is 11.1 Å². The lowest BCUT2D eigenvalue weighted by molar-refractivity contribution is 0.304. The number of rotatable bonds is 16. The van der Waals surface area contributed by atoms with Crippen molar-refractivity contribution in [3.8, 4) is 22.6 Å². The summed E-state index contributed by atoms with van der Waals surface area (Å²) in [5.74, 6) is 1.92. The fraction of sp³-hybridized carbons (Fsp3) is 0.556. The van der Waals surface area contributed by atoms with Crippen molar-refractivity contribution >= 4 is 0 Å². The van der Waals surface area contributed by atoms with E-state index >= 15 is 0 Å². The summed E-state index contributed by atoms with van der Waals surface area (Å²) < 4.78 is 11.8. The van der Waals surface area contributed by atoms with Gasteiger partial charge >= 0.3 is 0 Å². The zero-order chi connectivity index (χ0) is 20.6. The Balaban J connectivity index is 1.73. The lowest BCUT2D eigenvalue weighted by Crippen LogP contribution is -1.98. The fourth-order valence-electron chi connectivity index (χ4n) is 3.48. The van der Waals surface area contributed by atoms with Crippen molar-refractivity contribution in [2.24, 2.45) is 0 Å². The monoisotopic (exact) mass is 396 g/mol. The van der Waals surface area contributed by atoms with Crippen LogP contribution >= 0.6 is 0 Å². The number of ether oxygens (including phenoxy) is 2. The highest BCUT2D eigenvalue weighted by molar-refractivity contribution is 5.65. The Morgan fingerprint density at radius 1 is 0.517 bits per heavy atom. The van der Waals surface area contributed by atoms with E-state index in [9.17, 15) is 0 Å². The maximum atomic E-state index is 5.97. The molecule has 0 spiro atoms. The highest BCUT2D eigenvalue weighted by atomic mass is 16.5. The Hall–Kier alpha value is -1.96. The van der Waals surface area contributed by atoms with Crippen LogP contribution in [0.2, 0.25) is 0 Å². The molecule has 0 saturated heterocycles. The van der Waals surface area contributed by atoms with Crippen molar-refractivity contribution in [2.75, 3.05) is 13.2 Å². The van der Waals surface area contributed by atoms with Crippen LogP contribution in [0.4, 0.5) is 0 Å². The van der Waals surface area contributed by atoms with Crippen molar-refractivity contribution in [1.29, 1.82) is 0 Å². The van der Waals surface area contributed by atoms with Crippen molar-refractivity contribution in [3.05, 3.63) is 48.5 Å². The number of benzene rings is 2. The third-order valence-corrected chi connectivity index (χ3v) is 5.30. The molecule has 0 aromatic heterocycles. The molecular weight excluding hydrogens is 356 g/mol. The minimum absolute atomic E-state index is 0.806. The first-order valence-electron chi connectivity index (χ1n) is 11.8. The summed E-state index contributed by atoms with van der Waals surface area (Å²) in [6.45, 7) is 6.12. The van der Waals surface area contributed by atoms with Crippen LogP contribution in [0, 0.1) is 0 Å². The molecule has 160 valence electrons. The Morgan fingerprint density at radius 3 is 1.69 bits per heavy atom. The maximum Gasteiger partial charge on any atom is 0.119 e. The van der Waals surface area contributed by atoms with Gasteiger partial charge in [0.2, 0.25) is 0 Å². The molecule has 2 aromatic rings. The molecule has 0 atom stereocenters. The average molecular weight is 397 g/mol. The van der Waals surface area contributed by atoms with E-state index in [2.05, 4.69) is 62.4 Å². The van der Waals surface area contributed by atoms with Gasteiger partial charge in [-0.1, -0.05) is 95.9 Å². The van der Waals surface area contributed by atoms with Gasteiger partial charge in [0, 0.05) is 0 Å². The molecule has 0 aliphatic rings. The molecule has 0 radical (unpaired) electrons. The zero-order valence-corrected chi connectivity index (χ0v) is 18.6. The Labute approximate surface area is 178 Å². The first-order valence-corrected chi connectivity index (χ1v) is 11.8. The van der Waals surface area contributed by atoms with Crippen LogP contribution in [0.15, 0.2) is 48.5 Å². The van der Waals surface area contributed by atoms with E-state index in [4.69, 9.17) is 9.47 Å². The van der Waals surface area contributed by atoms with Gasteiger partial charge in [-0.2, -0.15) is 0 Å². The Kier molecular flexibility index (Phi) is 12.0. The van der Waals surface area contributed by atoms with E-state index in [0.717, 1.165) is 37.6 Å². The number of hydrogen-bond acceptors (Lipinski definition) is 2. The molecule has 0 fully saturated rings. The van der Waals surface area contributed by atoms with Gasteiger partial charge in [-0.25, -0.2) is 0 Å². The van der Waals surface area contributed by atoms with Crippen molar-refractivity contribution in [2.45, 2.75) is 84.5 Å². The quantitative estimate of drug-likeness (QED) is 0.265. The molecule has 0 bridgehead atoms. The van der Waals surface area contributed by atoms with Gasteiger partial charge in [-0.3, -0.25) is 0 Å². The molecule has 0 aliphatic heterocycles. The molecule has 2 nitrogen and oxygen atoms in total. The molecular formula is C27H40O2. The summed E-state index contributed by atoms with van der Waals surface area (Å²) in [6, 6.07) is 16.8. The van der Waals surface area contributed by atoms with Crippen molar-refractivity contribution < 1.29 is 9.47 Å². The first-order chi connectivity index (χ1) is 14.3. The smallest absolute Gasteiger partial charge is 0.119 e. The second-order valence-corrected chi connectivity index (χ2v) is 7.93. The molecule has 2 rings (SSSR count). The summed E-state index contributed by atoms with van der Waals surface area (Å²) in [4.78, 5) is 0. The van der Waals surface area contributed by atoms with E-state index in [1.165, 1.54) is 68.9 Å². The van der Waals surface area contributed by atoms with Gasteiger partial charge in [0.25, 0.3) is 0 Å². The van der Waals surface area contributed by atoms with Crippen LogP contribution in [0.5, 0.6) is 11.5 Å². The van der Waals surface area contributed by atoms with E-state index in [-0.39, 0.29) is 0 Å². The van der Waals surface area contributed by atoms with E-state index in [1.54, 1.807) is 0 Å². The van der Waals surface area contributed by atoms with Crippen molar-refractivity contribution in [1.82, 2.24) is 0 Å². The molecule has 0 amide bonds. The predicted octanol–water partition coefficient (Wildman–Crippen LogP) is 8.44. The minimum atomic E-state index is 0.806. The van der Waals surface area contributed by atoms with Gasteiger partial charge in [-0.15, -0.1) is 0 Å². The van der Waals surface area contributed by atoms with Gasteiger partial charge in [-0.05, 0) is 48.2 Å². The molecule has 0 unspecified atom stereocenters. The van der Waals surface area contributed by atoms with E-state index in [0.29, 0.717) is 0 Å². The second kappa shape index (κ2) is 15.0. The van der Waals surface area contributed by atoms with Gasteiger partial charge < -0.3 is 9.47 Å². The third-order valence-electron chi connectivity index (χ3n) is 5.30. The van der Waals surface area contributed by atoms with Gasteiger partial charge in [0.15, 0.2) is 0 Å². The van der Waals surface area contributed by atoms with Crippen LogP contribution in [-0.4, -0.2) is 13.2 Å². The summed E-state index contributed by atoms with van der Waals surface area (Å²) in [7, 11) is 0. The Bertz CT molecular complexity index is 648. The standard InChI is InChI=1S/C27H40O2/c1-3-5-7-9-11-13-22-29-27-16-14-15-25(23-27)24-17-19-26(20-18-24)28-21-12-10-8-6-4-2/h14-20,23H,3-13,21-22H2,1-2H3. The predicted molar refractivity (Wildman–Crippen MR) is 125 cm³/mol. The minimum Gasteiger partial charge on any atom is -0.494 e. The topological polar surface area (TPSA) is 18.5 Å². The fourth-order valence-corrected chi connectivity index (χ4v) is 3.48. The molecule has 2 heteroatoms. The molecule has 0 heterocycles. The molecule has 2 aromatic carbocycles. The highest BCUT2D eigenvalue weighted by Gasteiger charge is 2.02. The lowest BCUT2D eigenvalue weighted by Gasteiger charge is -2.10. The van der Waals surface area contributed by atoms with Gasteiger partial charge in [0.1, 0.15) is 11.5 Å². The largest absolute Gasteiger partial charge is 0.494 e. The van der Waals surface area contributed by atoms with E-state index < -0.39 is 0 Å². The summed E-state index contributed by atoms with van der Waals surface area (Å²) in [5, 5.41) is 0. The molecule has 0 saturated carbocycles. The summed E-state index contributed by atoms with van der Waals surface area (Å²) in [6.07, 6.45) is 14.1. The summed E-state index contributed by atoms with van der Waals surface area (Å²) >= 11 is 0. The summed E-state index contributed by atoms with van der Waals surface area (Å²) in [5.41, 5.74) is 2.39. The van der Waals surface area contributed by atoms with Crippen LogP contribution in [0.1, 0.15) is 84.5 Å². The normalized spacial score (nSPS) is 10.8. The maximum absolute atomic E-state index is 5.97. The van der Waals surface area contributed by atoms with Crippen LogP contribution in [0.3, 0.4) is 0 Å². The van der Waals surface area contributed by atoms with Gasteiger partial charge in [0.05, 0.1) is 13.2 Å². The van der Waals surface area contributed by atoms with Crippen molar-refractivity contribution in [3.63, 3.8) is 0 Å². The SMILES string of the molecule is CCCCCCCCOc1cccc(-c2ccc(OCCCCCCC)cc2)c1.